The molecule has 7 heteroatoms. The lowest BCUT2D eigenvalue weighted by Crippen LogP contribution is -2.15. The van der Waals surface area contributed by atoms with Crippen LogP contribution in [0.4, 0.5) is 5.82 Å². The summed E-state index contributed by atoms with van der Waals surface area (Å²) in [4.78, 5) is 17.9. The monoisotopic (exact) mass is 249 g/mol. The van der Waals surface area contributed by atoms with Crippen molar-refractivity contribution in [2.24, 2.45) is 0 Å². The summed E-state index contributed by atoms with van der Waals surface area (Å²) in [5.74, 6) is 0.665. The molecule has 0 saturated carbocycles. The first-order valence-corrected chi connectivity index (χ1v) is 5.64. The Morgan fingerprint density at radius 2 is 2.44 bits per heavy atom. The molecule has 0 radical (unpaired) electrons. The van der Waals surface area contributed by atoms with Crippen LogP contribution in [0.3, 0.4) is 0 Å². The third-order valence-electron chi connectivity index (χ3n) is 2.43. The van der Waals surface area contributed by atoms with E-state index in [0.717, 1.165) is 13.0 Å². The second kappa shape index (κ2) is 5.85. The van der Waals surface area contributed by atoms with Crippen LogP contribution in [0.5, 0.6) is 5.75 Å². The lowest BCUT2D eigenvalue weighted by molar-refractivity contribution is 0.408. The van der Waals surface area contributed by atoms with Gasteiger partial charge in [-0.05, 0) is 12.5 Å². The Kier molecular flexibility index (Phi) is 3.95. The smallest absolute Gasteiger partial charge is 0.295 e. The molecule has 0 aliphatic heterocycles. The van der Waals surface area contributed by atoms with E-state index in [4.69, 9.17) is 4.74 Å². The first-order chi connectivity index (χ1) is 8.81. The van der Waals surface area contributed by atoms with E-state index in [0.29, 0.717) is 12.4 Å². The van der Waals surface area contributed by atoms with Crippen LogP contribution < -0.4 is 15.6 Å². The van der Waals surface area contributed by atoms with E-state index in [2.05, 4.69) is 20.4 Å². The average molecular weight is 249 g/mol. The van der Waals surface area contributed by atoms with E-state index in [1.54, 1.807) is 6.20 Å². The van der Waals surface area contributed by atoms with Crippen LogP contribution in [0.1, 0.15) is 6.42 Å². The highest BCUT2D eigenvalue weighted by molar-refractivity contribution is 5.47. The fourth-order valence-corrected chi connectivity index (χ4v) is 1.58. The Hall–Kier alpha value is -2.31. The number of methoxy groups -OCH3 is 1. The van der Waals surface area contributed by atoms with Crippen molar-refractivity contribution in [2.45, 2.75) is 13.0 Å². The Morgan fingerprint density at radius 3 is 3.17 bits per heavy atom. The molecule has 2 aromatic heterocycles. The number of aryl methyl sites for hydroxylation is 1. The summed E-state index contributed by atoms with van der Waals surface area (Å²) in [7, 11) is 1.45. The van der Waals surface area contributed by atoms with Crippen molar-refractivity contribution < 1.29 is 4.74 Å². The summed E-state index contributed by atoms with van der Waals surface area (Å²) < 4.78 is 6.84. The number of aromatic nitrogens is 4. The molecular formula is C11H15N5O2. The number of nitrogens with zero attached hydrogens (tertiary/aromatic N) is 3. The maximum atomic E-state index is 11.4. The van der Waals surface area contributed by atoms with Gasteiger partial charge in [0, 0.05) is 25.5 Å². The van der Waals surface area contributed by atoms with Crippen molar-refractivity contribution in [3.8, 4) is 5.75 Å². The number of ether oxygens (including phenoxy) is 1. The van der Waals surface area contributed by atoms with Gasteiger partial charge in [-0.3, -0.25) is 9.48 Å². The summed E-state index contributed by atoms with van der Waals surface area (Å²) in [6, 6.07) is 1.88. The van der Waals surface area contributed by atoms with Crippen LogP contribution >= 0.6 is 0 Å². The third-order valence-corrected chi connectivity index (χ3v) is 2.43. The minimum absolute atomic E-state index is 0.205. The van der Waals surface area contributed by atoms with Gasteiger partial charge in [0.1, 0.15) is 0 Å². The van der Waals surface area contributed by atoms with Crippen LogP contribution in [-0.4, -0.2) is 33.4 Å². The molecule has 18 heavy (non-hydrogen) atoms. The van der Waals surface area contributed by atoms with Gasteiger partial charge in [0.15, 0.2) is 5.82 Å². The molecule has 0 aromatic carbocycles. The minimum atomic E-state index is -0.290. The fraction of sp³-hybridized carbons (Fsp3) is 0.364. The van der Waals surface area contributed by atoms with E-state index in [1.165, 1.54) is 13.4 Å². The lowest BCUT2D eigenvalue weighted by atomic mass is 10.4. The molecule has 0 fully saturated rings. The van der Waals surface area contributed by atoms with Crippen LogP contribution in [-0.2, 0) is 6.54 Å². The summed E-state index contributed by atoms with van der Waals surface area (Å²) in [5, 5.41) is 7.17. The van der Waals surface area contributed by atoms with Crippen LogP contribution in [0.15, 0.2) is 29.6 Å². The molecule has 2 N–H and O–H groups in total. The molecule has 2 aromatic rings. The van der Waals surface area contributed by atoms with Gasteiger partial charge in [0.05, 0.1) is 13.4 Å². The van der Waals surface area contributed by atoms with E-state index in [9.17, 15) is 4.79 Å². The van der Waals surface area contributed by atoms with Crippen molar-refractivity contribution in [2.75, 3.05) is 19.0 Å². The first kappa shape index (κ1) is 12.2. The highest BCUT2D eigenvalue weighted by Gasteiger charge is 2.07. The van der Waals surface area contributed by atoms with Gasteiger partial charge in [-0.2, -0.15) is 5.10 Å². The zero-order chi connectivity index (χ0) is 12.8. The molecule has 7 nitrogen and oxygen atoms in total. The van der Waals surface area contributed by atoms with E-state index < -0.39 is 0 Å². The quantitative estimate of drug-likeness (QED) is 0.727. The Morgan fingerprint density at radius 1 is 1.56 bits per heavy atom. The molecule has 0 atom stereocenters. The Bertz CT molecular complexity index is 535. The number of rotatable bonds is 6. The SMILES string of the molecule is COc1c(NCCCn2cccn2)nc[nH]c1=O. The highest BCUT2D eigenvalue weighted by atomic mass is 16.5. The number of H-pyrrole nitrogens is 1. The molecule has 96 valence electrons. The summed E-state index contributed by atoms with van der Waals surface area (Å²) in [5.41, 5.74) is -0.290. The number of hydrogen-bond donors (Lipinski definition) is 2. The predicted molar refractivity (Wildman–Crippen MR) is 66.7 cm³/mol. The minimum Gasteiger partial charge on any atom is -0.489 e. The highest BCUT2D eigenvalue weighted by Crippen LogP contribution is 2.13. The summed E-state index contributed by atoms with van der Waals surface area (Å²) in [6.45, 7) is 1.50. The zero-order valence-electron chi connectivity index (χ0n) is 10.1. The fourth-order valence-electron chi connectivity index (χ4n) is 1.58. The van der Waals surface area contributed by atoms with Gasteiger partial charge in [-0.25, -0.2) is 4.98 Å². The second-order valence-electron chi connectivity index (χ2n) is 3.66. The van der Waals surface area contributed by atoms with Crippen LogP contribution in [0.25, 0.3) is 0 Å². The third kappa shape index (κ3) is 2.88. The lowest BCUT2D eigenvalue weighted by Gasteiger charge is -2.08. The predicted octanol–water partition coefficient (Wildman–Crippen LogP) is 0.477. The van der Waals surface area contributed by atoms with Crippen molar-refractivity contribution >= 4 is 5.82 Å². The normalized spacial score (nSPS) is 10.3. The Balaban J connectivity index is 1.87. The zero-order valence-corrected chi connectivity index (χ0v) is 10.1. The van der Waals surface area contributed by atoms with Gasteiger partial charge in [-0.15, -0.1) is 0 Å². The van der Waals surface area contributed by atoms with Crippen molar-refractivity contribution in [3.05, 3.63) is 35.1 Å². The molecule has 0 bridgehead atoms. The average Bonchev–Trinajstić information content (AvgIpc) is 2.88. The summed E-state index contributed by atoms with van der Waals surface area (Å²) in [6.07, 6.45) is 5.88. The van der Waals surface area contributed by atoms with Gasteiger partial charge in [0.25, 0.3) is 5.56 Å². The number of anilines is 1. The van der Waals surface area contributed by atoms with Crippen LogP contribution in [0.2, 0.25) is 0 Å². The van der Waals surface area contributed by atoms with Crippen molar-refractivity contribution in [1.29, 1.82) is 0 Å². The molecule has 0 aliphatic carbocycles. The Labute approximate surface area is 104 Å². The summed E-state index contributed by atoms with van der Waals surface area (Å²) >= 11 is 0. The maximum Gasteiger partial charge on any atom is 0.295 e. The largest absolute Gasteiger partial charge is 0.489 e. The van der Waals surface area contributed by atoms with E-state index in [1.807, 2.05) is 16.9 Å². The first-order valence-electron chi connectivity index (χ1n) is 5.64. The molecule has 0 saturated heterocycles. The number of aromatic amines is 1. The molecule has 0 spiro atoms. The second-order valence-corrected chi connectivity index (χ2v) is 3.66. The van der Waals surface area contributed by atoms with Crippen molar-refractivity contribution in [3.63, 3.8) is 0 Å². The van der Waals surface area contributed by atoms with Gasteiger partial charge in [-0.1, -0.05) is 0 Å². The number of hydrogen-bond acceptors (Lipinski definition) is 5. The topological polar surface area (TPSA) is 84.8 Å². The maximum absolute atomic E-state index is 11.4. The molecule has 0 unspecified atom stereocenters. The van der Waals surface area contributed by atoms with Gasteiger partial charge >= 0.3 is 0 Å². The van der Waals surface area contributed by atoms with Gasteiger partial charge < -0.3 is 15.0 Å². The molecule has 0 aliphatic rings. The van der Waals surface area contributed by atoms with E-state index >= 15 is 0 Å². The van der Waals surface area contributed by atoms with Crippen LogP contribution in [0, 0.1) is 0 Å². The molecule has 2 rings (SSSR count). The number of nitrogens with one attached hydrogen (secondary N) is 2. The molecular weight excluding hydrogens is 234 g/mol. The molecule has 0 amide bonds. The standard InChI is InChI=1S/C11H15N5O2/c1-18-9-10(13-8-14-11(9)17)12-4-2-6-16-7-3-5-15-16/h3,5,7-8H,2,4,6H2,1H3,(H2,12,13,14,17). The van der Waals surface area contributed by atoms with Gasteiger partial charge in [0.2, 0.25) is 5.75 Å². The van der Waals surface area contributed by atoms with Crippen molar-refractivity contribution in [1.82, 2.24) is 19.7 Å². The van der Waals surface area contributed by atoms with E-state index in [-0.39, 0.29) is 11.3 Å². The molecule has 2 heterocycles.